The number of aryl methyl sites for hydroxylation is 1. The van der Waals surface area contributed by atoms with E-state index in [0.717, 1.165) is 24.5 Å². The molecule has 0 radical (unpaired) electrons. The number of carbonyl (C=O) groups is 3. The molecule has 2 unspecified atom stereocenters. The molecule has 2 aromatic rings. The maximum atomic E-state index is 13.1. The van der Waals surface area contributed by atoms with Gasteiger partial charge in [0.15, 0.2) is 11.5 Å². The summed E-state index contributed by atoms with van der Waals surface area (Å²) in [5, 5.41) is 19.1. The number of rotatable bonds is 7. The monoisotopic (exact) mass is 457 g/mol. The van der Waals surface area contributed by atoms with Gasteiger partial charge < -0.3 is 20.0 Å². The fourth-order valence-corrected chi connectivity index (χ4v) is 4.61. The van der Waals surface area contributed by atoms with Crippen molar-refractivity contribution in [3.8, 4) is 11.5 Å². The molecular formula is C23H27N3O5S. The number of pyridine rings is 1. The van der Waals surface area contributed by atoms with Crippen molar-refractivity contribution in [1.29, 1.82) is 0 Å². The second kappa shape index (κ2) is 10.5. The summed E-state index contributed by atoms with van der Waals surface area (Å²) < 4.78 is 0. The Morgan fingerprint density at radius 3 is 2.59 bits per heavy atom. The van der Waals surface area contributed by atoms with Crippen LogP contribution in [0.5, 0.6) is 11.5 Å². The number of hydrogen-bond donors (Lipinski definition) is 2. The lowest BCUT2D eigenvalue weighted by Crippen LogP contribution is -2.50. The Hall–Kier alpha value is -3.07. The zero-order valence-corrected chi connectivity index (χ0v) is 18.9. The lowest BCUT2D eigenvalue weighted by molar-refractivity contribution is -0.138. The number of nitrogens with zero attached hydrogens (tertiary/aromatic N) is 3. The van der Waals surface area contributed by atoms with E-state index in [0.29, 0.717) is 18.7 Å². The summed E-state index contributed by atoms with van der Waals surface area (Å²) in [4.78, 5) is 45.5. The molecule has 1 aromatic heterocycles. The summed E-state index contributed by atoms with van der Waals surface area (Å²) in [6.45, 7) is 2.10. The van der Waals surface area contributed by atoms with Gasteiger partial charge in [-0.2, -0.15) is 0 Å². The highest BCUT2D eigenvalue weighted by atomic mass is 32.2. The summed E-state index contributed by atoms with van der Waals surface area (Å²) in [5.74, 6) is -0.852. The number of phenolic OH excluding ortho intramolecular Hbond substituents is 2. The Morgan fingerprint density at radius 1 is 1.19 bits per heavy atom. The molecule has 1 fully saturated rings. The van der Waals surface area contributed by atoms with Gasteiger partial charge >= 0.3 is 0 Å². The number of aromatic nitrogens is 1. The van der Waals surface area contributed by atoms with Crippen LogP contribution in [0.1, 0.15) is 35.7 Å². The molecule has 1 aliphatic rings. The topological polar surface area (TPSA) is 111 Å². The second-order valence-electron chi connectivity index (χ2n) is 7.76. The van der Waals surface area contributed by atoms with Crippen LogP contribution in [0.4, 0.5) is 0 Å². The molecule has 2 atom stereocenters. The number of carbonyl (C=O) groups excluding carboxylic acids is 3. The van der Waals surface area contributed by atoms with E-state index in [2.05, 4.69) is 4.98 Å². The first-order chi connectivity index (χ1) is 15.3. The minimum absolute atomic E-state index is 0.0328. The van der Waals surface area contributed by atoms with E-state index in [-0.39, 0.29) is 22.3 Å². The van der Waals surface area contributed by atoms with E-state index in [9.17, 15) is 24.6 Å². The first-order valence-corrected chi connectivity index (χ1v) is 11.4. The van der Waals surface area contributed by atoms with Crippen molar-refractivity contribution in [1.82, 2.24) is 14.8 Å². The summed E-state index contributed by atoms with van der Waals surface area (Å²) in [6.07, 6.45) is 5.54. The maximum Gasteiger partial charge on any atom is 0.254 e. The van der Waals surface area contributed by atoms with Crippen molar-refractivity contribution >= 4 is 28.7 Å². The number of phenols is 2. The highest BCUT2D eigenvalue weighted by Gasteiger charge is 2.37. The Kier molecular flexibility index (Phi) is 7.74. The van der Waals surface area contributed by atoms with Crippen LogP contribution in [0.3, 0.4) is 0 Å². The van der Waals surface area contributed by atoms with Crippen LogP contribution >= 0.6 is 11.8 Å². The average molecular weight is 458 g/mol. The smallest absolute Gasteiger partial charge is 0.254 e. The molecule has 0 aliphatic carbocycles. The lowest BCUT2D eigenvalue weighted by atomic mass is 10.1. The van der Waals surface area contributed by atoms with Crippen LogP contribution in [0.15, 0.2) is 42.7 Å². The molecule has 2 heterocycles. The van der Waals surface area contributed by atoms with Gasteiger partial charge in [-0.15, -0.1) is 0 Å². The van der Waals surface area contributed by atoms with Gasteiger partial charge in [-0.1, -0.05) is 11.8 Å². The van der Waals surface area contributed by atoms with Crippen LogP contribution in [-0.2, 0) is 16.0 Å². The highest BCUT2D eigenvalue weighted by molar-refractivity contribution is 8.13. The number of amides is 2. The van der Waals surface area contributed by atoms with Crippen LogP contribution in [0.2, 0.25) is 0 Å². The average Bonchev–Trinajstić information content (AvgIpc) is 3.29. The van der Waals surface area contributed by atoms with Gasteiger partial charge in [-0.05, 0) is 62.1 Å². The van der Waals surface area contributed by atoms with Crippen LogP contribution in [0, 0.1) is 0 Å². The zero-order valence-electron chi connectivity index (χ0n) is 18.1. The van der Waals surface area contributed by atoms with Gasteiger partial charge in [0.1, 0.15) is 12.1 Å². The normalized spacial score (nSPS) is 16.6. The fraction of sp³-hybridized carbons (Fsp3) is 0.391. The summed E-state index contributed by atoms with van der Waals surface area (Å²) in [5.41, 5.74) is 1.26. The van der Waals surface area contributed by atoms with E-state index < -0.39 is 23.7 Å². The minimum atomic E-state index is -0.784. The van der Waals surface area contributed by atoms with Gasteiger partial charge in [-0.3, -0.25) is 19.4 Å². The van der Waals surface area contributed by atoms with Gasteiger partial charge in [0.05, 0.1) is 0 Å². The molecule has 32 heavy (non-hydrogen) atoms. The highest BCUT2D eigenvalue weighted by Crippen LogP contribution is 2.27. The Morgan fingerprint density at radius 2 is 1.91 bits per heavy atom. The molecule has 0 bridgehead atoms. The second-order valence-corrected chi connectivity index (χ2v) is 8.86. The third-order valence-corrected chi connectivity index (χ3v) is 6.64. The van der Waals surface area contributed by atoms with Crippen LogP contribution in [-0.4, -0.2) is 73.4 Å². The van der Waals surface area contributed by atoms with E-state index >= 15 is 0 Å². The summed E-state index contributed by atoms with van der Waals surface area (Å²) >= 11 is 1.23. The molecule has 1 aromatic carbocycles. The minimum Gasteiger partial charge on any atom is -0.504 e. The Bertz CT molecular complexity index is 985. The predicted molar refractivity (Wildman–Crippen MR) is 121 cm³/mol. The number of likely N-dealkylation sites (N-methyl/N-ethyl adjacent to an activating group) is 1. The molecule has 2 N–H and O–H groups in total. The number of likely N-dealkylation sites (tertiary alicyclic amines) is 1. The summed E-state index contributed by atoms with van der Waals surface area (Å²) in [6, 6.07) is 6.32. The fourth-order valence-electron chi connectivity index (χ4n) is 3.63. The molecule has 0 saturated carbocycles. The zero-order chi connectivity index (χ0) is 23.3. The van der Waals surface area contributed by atoms with Crippen molar-refractivity contribution < 1.29 is 24.6 Å². The maximum absolute atomic E-state index is 13.1. The standard InChI is InChI=1S/C23H27N3O5S/c1-15(25(2)22(30)17-5-6-19(27)20(28)14-17)21(29)26-12-3-4-18(26)23(31)32-13-9-16-7-10-24-11-8-16/h5-8,10-11,14-15,18,27-28H,3-4,9,12-13H2,1-2H3. The Labute approximate surface area is 191 Å². The molecule has 170 valence electrons. The van der Waals surface area contributed by atoms with Gasteiger partial charge in [0.2, 0.25) is 11.0 Å². The SMILES string of the molecule is CC(C(=O)N1CCCC1C(=O)SCCc1ccncc1)N(C)C(=O)c1ccc(O)c(O)c1. The van der Waals surface area contributed by atoms with E-state index in [1.54, 1.807) is 24.2 Å². The first kappa shape index (κ1) is 23.6. The largest absolute Gasteiger partial charge is 0.504 e. The lowest BCUT2D eigenvalue weighted by Gasteiger charge is -2.31. The molecule has 2 amide bonds. The molecule has 1 saturated heterocycles. The third-order valence-electron chi connectivity index (χ3n) is 5.67. The number of thioether (sulfide) groups is 1. The quantitative estimate of drug-likeness (QED) is 0.615. The molecular weight excluding hydrogens is 430 g/mol. The van der Waals surface area contributed by atoms with Gasteiger partial charge in [0, 0.05) is 37.3 Å². The molecule has 3 rings (SSSR count). The third kappa shape index (κ3) is 5.40. The summed E-state index contributed by atoms with van der Waals surface area (Å²) in [7, 11) is 1.51. The van der Waals surface area contributed by atoms with Crippen molar-refractivity contribution in [3.63, 3.8) is 0 Å². The van der Waals surface area contributed by atoms with E-state index in [4.69, 9.17) is 0 Å². The van der Waals surface area contributed by atoms with Crippen molar-refractivity contribution in [2.45, 2.75) is 38.3 Å². The van der Waals surface area contributed by atoms with E-state index in [1.807, 2.05) is 12.1 Å². The molecule has 1 aliphatic heterocycles. The van der Waals surface area contributed by atoms with Crippen molar-refractivity contribution in [3.05, 3.63) is 53.9 Å². The van der Waals surface area contributed by atoms with Crippen molar-refractivity contribution in [2.24, 2.45) is 0 Å². The van der Waals surface area contributed by atoms with Crippen LogP contribution in [0.25, 0.3) is 0 Å². The van der Waals surface area contributed by atoms with Gasteiger partial charge in [0.25, 0.3) is 5.91 Å². The molecule has 9 heteroatoms. The van der Waals surface area contributed by atoms with Crippen LogP contribution < -0.4 is 0 Å². The van der Waals surface area contributed by atoms with Gasteiger partial charge in [-0.25, -0.2) is 0 Å². The first-order valence-electron chi connectivity index (χ1n) is 10.4. The molecule has 0 spiro atoms. The molecule has 8 nitrogen and oxygen atoms in total. The van der Waals surface area contributed by atoms with E-state index in [1.165, 1.54) is 35.8 Å². The Balaban J connectivity index is 1.59. The van der Waals surface area contributed by atoms with Crippen molar-refractivity contribution in [2.75, 3.05) is 19.3 Å². The number of hydrogen-bond acceptors (Lipinski definition) is 7. The number of benzene rings is 1. The number of aromatic hydroxyl groups is 2. The predicted octanol–water partition coefficient (Wildman–Crippen LogP) is 2.45.